The molecule has 28 heavy (non-hydrogen) atoms. The monoisotopic (exact) mass is 423 g/mol. The van der Waals surface area contributed by atoms with E-state index in [9.17, 15) is 4.79 Å². The molecule has 9 heteroatoms. The molecule has 1 aromatic heterocycles. The Labute approximate surface area is 174 Å². The Kier molecular flexibility index (Phi) is 7.30. The summed E-state index contributed by atoms with van der Waals surface area (Å²) in [6.45, 7) is 6.57. The SMILES string of the molecule is CC(Oc1ccc(Cl)cc1Cl)C(=O)NCCN1CCN(c2ncccn2)CC1. The van der Waals surface area contributed by atoms with Crippen molar-refractivity contribution in [3.63, 3.8) is 0 Å². The van der Waals surface area contributed by atoms with Crippen LogP contribution in [0.4, 0.5) is 5.95 Å². The van der Waals surface area contributed by atoms with Gasteiger partial charge < -0.3 is 15.0 Å². The van der Waals surface area contributed by atoms with Crippen LogP contribution in [0, 0.1) is 0 Å². The van der Waals surface area contributed by atoms with Gasteiger partial charge in [0.25, 0.3) is 5.91 Å². The summed E-state index contributed by atoms with van der Waals surface area (Å²) in [7, 11) is 0. The Bertz CT molecular complexity index is 785. The van der Waals surface area contributed by atoms with Crippen molar-refractivity contribution in [3.8, 4) is 5.75 Å². The van der Waals surface area contributed by atoms with E-state index in [1.165, 1.54) is 0 Å². The summed E-state index contributed by atoms with van der Waals surface area (Å²) < 4.78 is 5.63. The lowest BCUT2D eigenvalue weighted by Crippen LogP contribution is -2.49. The molecular weight excluding hydrogens is 401 g/mol. The average Bonchev–Trinajstić information content (AvgIpc) is 2.71. The zero-order chi connectivity index (χ0) is 19.9. The summed E-state index contributed by atoms with van der Waals surface area (Å²) in [5, 5.41) is 3.81. The van der Waals surface area contributed by atoms with E-state index in [2.05, 4.69) is 25.1 Å². The lowest BCUT2D eigenvalue weighted by Gasteiger charge is -2.34. The molecule has 0 bridgehead atoms. The highest BCUT2D eigenvalue weighted by atomic mass is 35.5. The average molecular weight is 424 g/mol. The fourth-order valence-corrected chi connectivity index (χ4v) is 3.37. The van der Waals surface area contributed by atoms with Crippen molar-refractivity contribution in [1.29, 1.82) is 0 Å². The molecule has 1 aliphatic heterocycles. The number of hydrogen-bond donors (Lipinski definition) is 1. The van der Waals surface area contributed by atoms with Crippen LogP contribution in [0.1, 0.15) is 6.92 Å². The fourth-order valence-electron chi connectivity index (χ4n) is 2.92. The van der Waals surface area contributed by atoms with Crippen LogP contribution in [0.2, 0.25) is 10.0 Å². The van der Waals surface area contributed by atoms with Gasteiger partial charge in [0, 0.05) is 56.7 Å². The number of anilines is 1. The third kappa shape index (κ3) is 5.70. The van der Waals surface area contributed by atoms with Crippen molar-refractivity contribution in [1.82, 2.24) is 20.2 Å². The number of hydrogen-bond acceptors (Lipinski definition) is 6. The van der Waals surface area contributed by atoms with Crippen LogP contribution in [0.15, 0.2) is 36.7 Å². The van der Waals surface area contributed by atoms with Gasteiger partial charge >= 0.3 is 0 Å². The van der Waals surface area contributed by atoms with Crippen LogP contribution in [-0.4, -0.2) is 66.1 Å². The van der Waals surface area contributed by atoms with Crippen LogP contribution in [0.3, 0.4) is 0 Å². The van der Waals surface area contributed by atoms with E-state index in [1.54, 1.807) is 37.5 Å². The number of nitrogens with zero attached hydrogens (tertiary/aromatic N) is 4. The summed E-state index contributed by atoms with van der Waals surface area (Å²) in [5.41, 5.74) is 0. The smallest absolute Gasteiger partial charge is 0.260 e. The minimum absolute atomic E-state index is 0.178. The van der Waals surface area contributed by atoms with Crippen molar-refractivity contribution < 1.29 is 9.53 Å². The number of aromatic nitrogens is 2. The highest BCUT2D eigenvalue weighted by Crippen LogP contribution is 2.28. The molecule has 1 N–H and O–H groups in total. The van der Waals surface area contributed by atoms with Gasteiger partial charge in [0.05, 0.1) is 5.02 Å². The van der Waals surface area contributed by atoms with Crippen LogP contribution in [0.25, 0.3) is 0 Å². The van der Waals surface area contributed by atoms with E-state index in [1.807, 2.05) is 6.07 Å². The van der Waals surface area contributed by atoms with Gasteiger partial charge in [0.15, 0.2) is 6.10 Å². The molecule has 1 aliphatic rings. The molecule has 0 spiro atoms. The predicted molar refractivity (Wildman–Crippen MR) is 110 cm³/mol. The molecule has 1 amide bonds. The van der Waals surface area contributed by atoms with Gasteiger partial charge in [0.2, 0.25) is 5.95 Å². The van der Waals surface area contributed by atoms with Crippen LogP contribution in [-0.2, 0) is 4.79 Å². The molecule has 7 nitrogen and oxygen atoms in total. The lowest BCUT2D eigenvalue weighted by molar-refractivity contribution is -0.127. The number of nitrogens with one attached hydrogen (secondary N) is 1. The van der Waals surface area contributed by atoms with E-state index in [-0.39, 0.29) is 5.91 Å². The quantitative estimate of drug-likeness (QED) is 0.737. The second kappa shape index (κ2) is 9.91. The number of rotatable bonds is 7. The Morgan fingerprint density at radius 1 is 1.21 bits per heavy atom. The van der Waals surface area contributed by atoms with E-state index in [0.29, 0.717) is 22.3 Å². The predicted octanol–water partition coefficient (Wildman–Crippen LogP) is 2.49. The Hall–Kier alpha value is -2.09. The van der Waals surface area contributed by atoms with Crippen LogP contribution in [0.5, 0.6) is 5.75 Å². The van der Waals surface area contributed by atoms with Gasteiger partial charge in [-0.1, -0.05) is 23.2 Å². The molecular formula is C19H23Cl2N5O2. The standard InChI is InChI=1S/C19H23Cl2N5O2/c1-14(28-17-4-3-15(20)13-16(17)21)18(27)22-7-8-25-9-11-26(12-10-25)19-23-5-2-6-24-19/h2-6,13-14H,7-12H2,1H3,(H,22,27). The van der Waals surface area contributed by atoms with E-state index in [0.717, 1.165) is 38.7 Å². The minimum Gasteiger partial charge on any atom is -0.479 e. The number of ether oxygens (including phenoxy) is 1. The van der Waals surface area contributed by atoms with Crippen molar-refractivity contribution in [2.75, 3.05) is 44.2 Å². The molecule has 1 fully saturated rings. The third-order valence-electron chi connectivity index (χ3n) is 4.50. The summed E-state index contributed by atoms with van der Waals surface area (Å²) in [6.07, 6.45) is 2.86. The molecule has 0 radical (unpaired) electrons. The van der Waals surface area contributed by atoms with Gasteiger partial charge in [-0.25, -0.2) is 9.97 Å². The van der Waals surface area contributed by atoms with Gasteiger partial charge in [-0.2, -0.15) is 0 Å². The number of amides is 1. The number of carbonyl (C=O) groups excluding carboxylic acids is 1. The first-order valence-corrected chi connectivity index (χ1v) is 9.92. The zero-order valence-electron chi connectivity index (χ0n) is 15.6. The molecule has 150 valence electrons. The third-order valence-corrected chi connectivity index (χ3v) is 5.03. The summed E-state index contributed by atoms with van der Waals surface area (Å²) in [4.78, 5) is 25.3. The molecule has 0 aliphatic carbocycles. The summed E-state index contributed by atoms with van der Waals surface area (Å²) in [5.74, 6) is 1.03. The van der Waals surface area contributed by atoms with Crippen LogP contribution >= 0.6 is 23.2 Å². The van der Waals surface area contributed by atoms with Crippen LogP contribution < -0.4 is 15.0 Å². The highest BCUT2D eigenvalue weighted by Gasteiger charge is 2.20. The van der Waals surface area contributed by atoms with E-state index < -0.39 is 6.10 Å². The lowest BCUT2D eigenvalue weighted by atomic mass is 10.3. The molecule has 2 heterocycles. The molecule has 0 saturated carbocycles. The number of carbonyl (C=O) groups is 1. The maximum absolute atomic E-state index is 12.3. The number of benzene rings is 1. The van der Waals surface area contributed by atoms with Crippen molar-refractivity contribution in [3.05, 3.63) is 46.7 Å². The Balaban J connectivity index is 1.37. The van der Waals surface area contributed by atoms with Gasteiger partial charge in [0.1, 0.15) is 5.75 Å². The Morgan fingerprint density at radius 2 is 1.93 bits per heavy atom. The molecule has 2 aromatic rings. The second-order valence-corrected chi connectivity index (χ2v) is 7.35. The fraction of sp³-hybridized carbons (Fsp3) is 0.421. The van der Waals surface area contributed by atoms with E-state index in [4.69, 9.17) is 27.9 Å². The Morgan fingerprint density at radius 3 is 2.61 bits per heavy atom. The maximum atomic E-state index is 12.3. The largest absolute Gasteiger partial charge is 0.479 e. The first-order valence-electron chi connectivity index (χ1n) is 9.16. The van der Waals surface area contributed by atoms with Crippen molar-refractivity contribution in [2.45, 2.75) is 13.0 Å². The first-order chi connectivity index (χ1) is 13.5. The zero-order valence-corrected chi connectivity index (χ0v) is 17.2. The van der Waals surface area contributed by atoms with Gasteiger partial charge in [-0.05, 0) is 31.2 Å². The highest BCUT2D eigenvalue weighted by molar-refractivity contribution is 6.35. The molecule has 3 rings (SSSR count). The molecule has 1 saturated heterocycles. The minimum atomic E-state index is -0.647. The topological polar surface area (TPSA) is 70.6 Å². The molecule has 1 atom stereocenters. The van der Waals surface area contributed by atoms with Gasteiger partial charge in [-0.15, -0.1) is 0 Å². The summed E-state index contributed by atoms with van der Waals surface area (Å²) >= 11 is 11.9. The summed E-state index contributed by atoms with van der Waals surface area (Å²) in [6, 6.07) is 6.73. The van der Waals surface area contributed by atoms with Crippen molar-refractivity contribution >= 4 is 35.1 Å². The van der Waals surface area contributed by atoms with Gasteiger partial charge in [-0.3, -0.25) is 9.69 Å². The van der Waals surface area contributed by atoms with E-state index >= 15 is 0 Å². The maximum Gasteiger partial charge on any atom is 0.260 e. The number of piperazine rings is 1. The molecule has 1 aromatic carbocycles. The normalized spacial score (nSPS) is 15.9. The first kappa shape index (κ1) is 20.6. The van der Waals surface area contributed by atoms with Crippen molar-refractivity contribution in [2.24, 2.45) is 0 Å². The molecule has 1 unspecified atom stereocenters. The number of halogens is 2. The second-order valence-electron chi connectivity index (χ2n) is 6.50.